The van der Waals surface area contributed by atoms with Crippen LogP contribution in [0.5, 0.6) is 0 Å². The second-order valence-corrected chi connectivity index (χ2v) is 6.01. The molecule has 1 unspecified atom stereocenters. The summed E-state index contributed by atoms with van der Waals surface area (Å²) in [7, 11) is -1.58. The van der Waals surface area contributed by atoms with Crippen LogP contribution in [-0.4, -0.2) is 27.3 Å². The number of anilines is 1. The van der Waals surface area contributed by atoms with Crippen LogP contribution < -0.4 is 4.90 Å². The second kappa shape index (κ2) is 3.49. The molecule has 0 saturated carbocycles. The van der Waals surface area contributed by atoms with E-state index in [4.69, 9.17) is 5.26 Å². The maximum absolute atomic E-state index is 12.0. The Morgan fingerprint density at radius 1 is 1.50 bits per heavy atom. The second-order valence-electron chi connectivity index (χ2n) is 4.01. The first-order chi connectivity index (χ1) is 7.45. The minimum Gasteiger partial charge on any atom is -0.357 e. The van der Waals surface area contributed by atoms with Crippen molar-refractivity contribution < 1.29 is 8.42 Å². The molecule has 1 aromatic rings. The molecule has 1 heterocycles. The highest BCUT2D eigenvalue weighted by molar-refractivity contribution is 7.91. The lowest BCUT2D eigenvalue weighted by molar-refractivity contribution is 0.585. The van der Waals surface area contributed by atoms with Gasteiger partial charge in [0.2, 0.25) is 0 Å². The fraction of sp³-hybridized carbons (Fsp3) is 0.364. The van der Waals surface area contributed by atoms with Crippen LogP contribution in [0.3, 0.4) is 0 Å². The van der Waals surface area contributed by atoms with Crippen molar-refractivity contribution in [1.82, 2.24) is 0 Å². The predicted molar refractivity (Wildman–Crippen MR) is 61.0 cm³/mol. The van der Waals surface area contributed by atoms with Crippen LogP contribution in [0.25, 0.3) is 0 Å². The third kappa shape index (κ3) is 1.55. The Kier molecular flexibility index (Phi) is 2.39. The van der Waals surface area contributed by atoms with Crippen LogP contribution in [0.2, 0.25) is 0 Å². The van der Waals surface area contributed by atoms with E-state index in [9.17, 15) is 8.42 Å². The summed E-state index contributed by atoms with van der Waals surface area (Å²) in [4.78, 5) is 2.05. The first-order valence-corrected chi connectivity index (χ1v) is 6.57. The molecule has 0 fully saturated rings. The molecule has 16 heavy (non-hydrogen) atoms. The van der Waals surface area contributed by atoms with Gasteiger partial charge in [-0.25, -0.2) is 8.42 Å². The summed E-state index contributed by atoms with van der Waals surface area (Å²) in [6, 6.07) is 6.68. The first-order valence-electron chi connectivity index (χ1n) is 4.91. The number of fused-ring (bicyclic) bond motifs is 1. The van der Waals surface area contributed by atoms with Gasteiger partial charge in [0.05, 0.1) is 22.4 Å². The highest BCUT2D eigenvalue weighted by Gasteiger charge is 2.33. The largest absolute Gasteiger partial charge is 0.357 e. The molecule has 1 atom stereocenters. The van der Waals surface area contributed by atoms with Gasteiger partial charge in [0.1, 0.15) is 6.04 Å². The number of rotatable bonds is 0. The Labute approximate surface area is 95.0 Å². The zero-order valence-electron chi connectivity index (χ0n) is 9.14. The molecule has 4 nitrogen and oxygen atoms in total. The van der Waals surface area contributed by atoms with Crippen molar-refractivity contribution in [3.63, 3.8) is 0 Å². The fourth-order valence-corrected chi connectivity index (χ4v) is 3.65. The van der Waals surface area contributed by atoms with Crippen LogP contribution >= 0.6 is 0 Å². The molecule has 0 aromatic heterocycles. The number of benzene rings is 1. The molecule has 0 radical (unpaired) electrons. The number of aryl methyl sites for hydroxylation is 1. The minimum absolute atomic E-state index is 0.129. The summed E-state index contributed by atoms with van der Waals surface area (Å²) in [5.41, 5.74) is 1.52. The average molecular weight is 236 g/mol. The van der Waals surface area contributed by atoms with Gasteiger partial charge >= 0.3 is 0 Å². The lowest BCUT2D eigenvalue weighted by Crippen LogP contribution is -2.41. The molecule has 1 aromatic carbocycles. The molecule has 5 heteroatoms. The topological polar surface area (TPSA) is 61.2 Å². The third-order valence-electron chi connectivity index (χ3n) is 2.82. The van der Waals surface area contributed by atoms with Gasteiger partial charge in [0, 0.05) is 7.05 Å². The van der Waals surface area contributed by atoms with E-state index in [0.29, 0.717) is 10.6 Å². The van der Waals surface area contributed by atoms with E-state index in [1.165, 1.54) is 0 Å². The van der Waals surface area contributed by atoms with E-state index < -0.39 is 15.9 Å². The van der Waals surface area contributed by atoms with Gasteiger partial charge in [0.25, 0.3) is 0 Å². The van der Waals surface area contributed by atoms with Crippen molar-refractivity contribution in [2.75, 3.05) is 17.7 Å². The zero-order chi connectivity index (χ0) is 11.9. The Hall–Kier alpha value is -1.54. The van der Waals surface area contributed by atoms with Gasteiger partial charge in [-0.2, -0.15) is 5.26 Å². The maximum Gasteiger partial charge on any atom is 0.183 e. The van der Waals surface area contributed by atoms with Gasteiger partial charge in [-0.3, -0.25) is 0 Å². The zero-order valence-corrected chi connectivity index (χ0v) is 9.95. The van der Waals surface area contributed by atoms with Gasteiger partial charge in [-0.05, 0) is 24.6 Å². The predicted octanol–water partition coefficient (Wildman–Crippen LogP) is 1.11. The minimum atomic E-state index is -3.32. The van der Waals surface area contributed by atoms with Crippen molar-refractivity contribution >= 4 is 15.5 Å². The molecule has 0 amide bonds. The molecule has 0 saturated heterocycles. The summed E-state index contributed by atoms with van der Waals surface area (Å²) >= 11 is 0. The van der Waals surface area contributed by atoms with E-state index in [2.05, 4.69) is 0 Å². The summed E-state index contributed by atoms with van der Waals surface area (Å²) in [6.45, 7) is 1.85. The molecule has 1 aliphatic heterocycles. The van der Waals surface area contributed by atoms with E-state index in [0.717, 1.165) is 5.56 Å². The average Bonchev–Trinajstić information content (AvgIpc) is 2.23. The number of hydrogen-bond donors (Lipinski definition) is 0. The van der Waals surface area contributed by atoms with Crippen LogP contribution in [0, 0.1) is 18.3 Å². The molecule has 1 aliphatic rings. The van der Waals surface area contributed by atoms with Crippen molar-refractivity contribution in [2.45, 2.75) is 17.9 Å². The van der Waals surface area contributed by atoms with E-state index in [-0.39, 0.29) is 5.75 Å². The van der Waals surface area contributed by atoms with Gasteiger partial charge < -0.3 is 4.90 Å². The highest BCUT2D eigenvalue weighted by atomic mass is 32.2. The smallest absolute Gasteiger partial charge is 0.183 e. The quantitative estimate of drug-likeness (QED) is 0.677. The van der Waals surface area contributed by atoms with Crippen molar-refractivity contribution in [1.29, 1.82) is 5.26 Å². The Balaban J connectivity index is 2.69. The van der Waals surface area contributed by atoms with E-state index in [1.54, 1.807) is 24.1 Å². The standard InChI is InChI=1S/C11H12N2O2S/c1-8-3-4-10-11(5-8)16(14,15)7-9(6-12)13(10)2/h3-5,9H,7H2,1-2H3. The maximum atomic E-state index is 12.0. The number of nitrogens with zero attached hydrogens (tertiary/aromatic N) is 2. The monoisotopic (exact) mass is 236 g/mol. The van der Waals surface area contributed by atoms with Crippen LogP contribution in [0.4, 0.5) is 5.69 Å². The normalized spacial score (nSPS) is 22.3. The lowest BCUT2D eigenvalue weighted by atomic mass is 10.2. The summed E-state index contributed by atoms with van der Waals surface area (Å²) in [5, 5.41) is 8.92. The van der Waals surface area contributed by atoms with Gasteiger partial charge in [0.15, 0.2) is 9.84 Å². The molecular formula is C11H12N2O2S. The van der Waals surface area contributed by atoms with E-state index >= 15 is 0 Å². The fourth-order valence-electron chi connectivity index (χ4n) is 1.86. The molecule has 0 bridgehead atoms. The van der Waals surface area contributed by atoms with Crippen LogP contribution in [-0.2, 0) is 9.84 Å². The lowest BCUT2D eigenvalue weighted by Gasteiger charge is -2.31. The summed E-state index contributed by atoms with van der Waals surface area (Å²) in [6.07, 6.45) is 0. The van der Waals surface area contributed by atoms with Crippen LogP contribution in [0.1, 0.15) is 5.56 Å². The molecule has 0 N–H and O–H groups in total. The molecule has 0 aliphatic carbocycles. The summed E-state index contributed by atoms with van der Waals surface area (Å²) in [5.74, 6) is -0.129. The number of hydrogen-bond acceptors (Lipinski definition) is 4. The van der Waals surface area contributed by atoms with Crippen molar-refractivity contribution in [3.05, 3.63) is 23.8 Å². The van der Waals surface area contributed by atoms with Crippen LogP contribution in [0.15, 0.2) is 23.1 Å². The van der Waals surface area contributed by atoms with Gasteiger partial charge in [-0.15, -0.1) is 0 Å². The van der Waals surface area contributed by atoms with Crippen molar-refractivity contribution in [2.24, 2.45) is 0 Å². The summed E-state index contributed by atoms with van der Waals surface area (Å²) < 4.78 is 23.9. The SMILES string of the molecule is Cc1ccc2c(c1)S(=O)(=O)CC(C#N)N2C. The first kappa shape index (κ1) is 11.0. The van der Waals surface area contributed by atoms with Gasteiger partial charge in [-0.1, -0.05) is 6.07 Å². The highest BCUT2D eigenvalue weighted by Crippen LogP contribution is 2.32. The Morgan fingerprint density at radius 3 is 2.81 bits per heavy atom. The van der Waals surface area contributed by atoms with E-state index in [1.807, 2.05) is 19.1 Å². The molecule has 0 spiro atoms. The molecule has 84 valence electrons. The number of sulfone groups is 1. The third-order valence-corrected chi connectivity index (χ3v) is 4.58. The molecular weight excluding hydrogens is 224 g/mol. The molecule has 2 rings (SSSR count). The Morgan fingerprint density at radius 2 is 2.19 bits per heavy atom. The number of nitriles is 1. The van der Waals surface area contributed by atoms with Crippen molar-refractivity contribution in [3.8, 4) is 6.07 Å². The Bertz CT molecular complexity index is 572.